The van der Waals surface area contributed by atoms with Gasteiger partial charge in [-0.25, -0.2) is 0 Å². The van der Waals surface area contributed by atoms with E-state index in [0.717, 1.165) is 25.7 Å². The van der Waals surface area contributed by atoms with E-state index in [9.17, 15) is 0 Å². The number of benzene rings is 1. The van der Waals surface area contributed by atoms with Crippen molar-refractivity contribution in [3.05, 3.63) is 34.9 Å². The zero-order valence-corrected chi connectivity index (χ0v) is 13.0. The second kappa shape index (κ2) is 6.07. The molecule has 3 aliphatic heterocycles. The van der Waals surface area contributed by atoms with E-state index in [2.05, 4.69) is 33.3 Å². The van der Waals surface area contributed by atoms with Crippen LogP contribution in [-0.4, -0.2) is 48.6 Å². The van der Waals surface area contributed by atoms with E-state index in [0.29, 0.717) is 0 Å². The molecule has 0 radical (unpaired) electrons. The Bertz CT molecular complexity index is 493. The Labute approximate surface area is 128 Å². The average Bonchev–Trinajstić information content (AvgIpc) is 3.18. The molecule has 0 aromatic heterocycles. The lowest BCUT2D eigenvalue weighted by Gasteiger charge is -2.24. The molecule has 3 heteroatoms. The number of hydrogen-bond donors (Lipinski definition) is 1. The Morgan fingerprint density at radius 3 is 2.90 bits per heavy atom. The summed E-state index contributed by atoms with van der Waals surface area (Å²) in [6, 6.07) is 7.98. The van der Waals surface area contributed by atoms with Gasteiger partial charge in [0.05, 0.1) is 0 Å². The van der Waals surface area contributed by atoms with Crippen molar-refractivity contribution < 1.29 is 0 Å². The zero-order valence-electron chi connectivity index (χ0n) is 13.0. The minimum absolute atomic E-state index is 0.826. The maximum atomic E-state index is 3.49. The standard InChI is InChI=1S/C18H27N3/c1-2-9-21(8-1)18-6-10-20(14-18)13-15-3-4-16-5-7-19-12-17(16)11-15/h3-4,11,18-19H,1-2,5-10,12-14H2. The Morgan fingerprint density at radius 2 is 2.00 bits per heavy atom. The fourth-order valence-electron chi connectivity index (χ4n) is 4.25. The third-order valence-corrected chi connectivity index (χ3v) is 5.47. The van der Waals surface area contributed by atoms with Gasteiger partial charge in [-0.2, -0.15) is 0 Å². The monoisotopic (exact) mass is 285 g/mol. The summed E-state index contributed by atoms with van der Waals surface area (Å²) in [5, 5.41) is 3.49. The van der Waals surface area contributed by atoms with Gasteiger partial charge in [-0.3, -0.25) is 9.80 Å². The van der Waals surface area contributed by atoms with Gasteiger partial charge in [0, 0.05) is 32.2 Å². The van der Waals surface area contributed by atoms with E-state index < -0.39 is 0 Å². The quantitative estimate of drug-likeness (QED) is 0.916. The van der Waals surface area contributed by atoms with E-state index in [1.54, 1.807) is 5.56 Å². The van der Waals surface area contributed by atoms with E-state index in [-0.39, 0.29) is 0 Å². The van der Waals surface area contributed by atoms with Crippen LogP contribution in [0.3, 0.4) is 0 Å². The summed E-state index contributed by atoms with van der Waals surface area (Å²) in [6.45, 7) is 8.55. The van der Waals surface area contributed by atoms with E-state index >= 15 is 0 Å². The molecular formula is C18H27N3. The molecule has 0 spiro atoms. The lowest BCUT2D eigenvalue weighted by molar-refractivity contribution is 0.230. The van der Waals surface area contributed by atoms with Crippen LogP contribution in [0.25, 0.3) is 0 Å². The Morgan fingerprint density at radius 1 is 1.10 bits per heavy atom. The molecule has 1 atom stereocenters. The predicted molar refractivity (Wildman–Crippen MR) is 86.3 cm³/mol. The topological polar surface area (TPSA) is 18.5 Å². The van der Waals surface area contributed by atoms with Gasteiger partial charge in [0.15, 0.2) is 0 Å². The Hall–Kier alpha value is -0.900. The highest BCUT2D eigenvalue weighted by Crippen LogP contribution is 2.23. The first-order chi connectivity index (χ1) is 10.4. The number of fused-ring (bicyclic) bond motifs is 1. The van der Waals surface area contributed by atoms with Crippen LogP contribution in [0.1, 0.15) is 36.0 Å². The van der Waals surface area contributed by atoms with Crippen LogP contribution in [-0.2, 0) is 19.5 Å². The predicted octanol–water partition coefficient (Wildman–Crippen LogP) is 2.00. The van der Waals surface area contributed by atoms with Gasteiger partial charge in [0.1, 0.15) is 0 Å². The van der Waals surface area contributed by atoms with Gasteiger partial charge in [-0.1, -0.05) is 18.2 Å². The molecule has 3 aliphatic rings. The number of hydrogen-bond acceptors (Lipinski definition) is 3. The number of nitrogens with one attached hydrogen (secondary N) is 1. The maximum absolute atomic E-state index is 3.49. The van der Waals surface area contributed by atoms with Crippen LogP contribution in [0, 0.1) is 0 Å². The number of nitrogens with zero attached hydrogens (tertiary/aromatic N) is 2. The van der Waals surface area contributed by atoms with Crippen molar-refractivity contribution in [2.45, 2.75) is 44.8 Å². The molecule has 0 amide bonds. The van der Waals surface area contributed by atoms with Gasteiger partial charge in [-0.15, -0.1) is 0 Å². The Kier molecular flexibility index (Phi) is 3.97. The molecule has 114 valence electrons. The Balaban J connectivity index is 1.38. The number of rotatable bonds is 3. The van der Waals surface area contributed by atoms with Crippen molar-refractivity contribution in [3.8, 4) is 0 Å². The highest BCUT2D eigenvalue weighted by atomic mass is 15.3. The van der Waals surface area contributed by atoms with Crippen molar-refractivity contribution in [1.29, 1.82) is 0 Å². The van der Waals surface area contributed by atoms with Gasteiger partial charge in [0.2, 0.25) is 0 Å². The van der Waals surface area contributed by atoms with Crippen molar-refractivity contribution in [2.24, 2.45) is 0 Å². The van der Waals surface area contributed by atoms with Gasteiger partial charge >= 0.3 is 0 Å². The summed E-state index contributed by atoms with van der Waals surface area (Å²) in [4.78, 5) is 5.37. The molecule has 1 aromatic rings. The zero-order chi connectivity index (χ0) is 14.1. The van der Waals surface area contributed by atoms with Gasteiger partial charge in [-0.05, 0) is 62.0 Å². The molecule has 0 saturated carbocycles. The van der Waals surface area contributed by atoms with Crippen molar-refractivity contribution in [1.82, 2.24) is 15.1 Å². The second-order valence-corrected chi connectivity index (χ2v) is 6.95. The second-order valence-electron chi connectivity index (χ2n) is 6.95. The van der Waals surface area contributed by atoms with Gasteiger partial charge in [0.25, 0.3) is 0 Å². The van der Waals surface area contributed by atoms with Crippen LogP contribution in [0.15, 0.2) is 18.2 Å². The highest BCUT2D eigenvalue weighted by Gasteiger charge is 2.29. The SMILES string of the molecule is c1cc2c(cc1CN1CCC(N3CCCC3)C1)CNCC2. The first-order valence-corrected chi connectivity index (χ1v) is 8.66. The molecule has 0 bridgehead atoms. The molecule has 4 rings (SSSR count). The summed E-state index contributed by atoms with van der Waals surface area (Å²) in [5.41, 5.74) is 4.57. The normalized spacial score (nSPS) is 27.1. The van der Waals surface area contributed by atoms with Crippen molar-refractivity contribution >= 4 is 0 Å². The first kappa shape index (κ1) is 13.7. The smallest absolute Gasteiger partial charge is 0.0235 e. The molecule has 1 N–H and O–H groups in total. The summed E-state index contributed by atoms with van der Waals surface area (Å²) < 4.78 is 0. The lowest BCUT2D eigenvalue weighted by Crippen LogP contribution is -2.35. The van der Waals surface area contributed by atoms with Crippen LogP contribution >= 0.6 is 0 Å². The molecule has 21 heavy (non-hydrogen) atoms. The summed E-state index contributed by atoms with van der Waals surface area (Å²) in [6.07, 6.45) is 5.38. The van der Waals surface area contributed by atoms with E-state index in [4.69, 9.17) is 0 Å². The largest absolute Gasteiger partial charge is 0.312 e. The maximum Gasteiger partial charge on any atom is 0.0235 e. The van der Waals surface area contributed by atoms with E-state index in [1.165, 1.54) is 63.0 Å². The van der Waals surface area contributed by atoms with Crippen LogP contribution < -0.4 is 5.32 Å². The summed E-state index contributed by atoms with van der Waals surface area (Å²) >= 11 is 0. The molecule has 1 aromatic carbocycles. The van der Waals surface area contributed by atoms with E-state index in [1.807, 2.05) is 0 Å². The minimum atomic E-state index is 0.826. The molecule has 3 nitrogen and oxygen atoms in total. The third-order valence-electron chi connectivity index (χ3n) is 5.47. The molecule has 2 saturated heterocycles. The molecule has 0 aliphatic carbocycles. The van der Waals surface area contributed by atoms with Crippen molar-refractivity contribution in [2.75, 3.05) is 32.7 Å². The fraction of sp³-hybridized carbons (Fsp3) is 0.667. The minimum Gasteiger partial charge on any atom is -0.312 e. The molecule has 3 heterocycles. The summed E-state index contributed by atoms with van der Waals surface area (Å²) in [7, 11) is 0. The van der Waals surface area contributed by atoms with Crippen LogP contribution in [0.4, 0.5) is 0 Å². The molecule has 1 unspecified atom stereocenters. The average molecular weight is 285 g/mol. The lowest BCUT2D eigenvalue weighted by atomic mass is 9.98. The highest BCUT2D eigenvalue weighted by molar-refractivity contribution is 5.33. The van der Waals surface area contributed by atoms with Crippen LogP contribution in [0.2, 0.25) is 0 Å². The molecular weight excluding hydrogens is 258 g/mol. The van der Waals surface area contributed by atoms with Crippen LogP contribution in [0.5, 0.6) is 0 Å². The summed E-state index contributed by atoms with van der Waals surface area (Å²) in [5.74, 6) is 0. The van der Waals surface area contributed by atoms with Crippen molar-refractivity contribution in [3.63, 3.8) is 0 Å². The first-order valence-electron chi connectivity index (χ1n) is 8.66. The third kappa shape index (κ3) is 3.01. The number of likely N-dealkylation sites (tertiary alicyclic amines) is 2. The molecule has 2 fully saturated rings. The fourth-order valence-corrected chi connectivity index (χ4v) is 4.25. The van der Waals surface area contributed by atoms with Gasteiger partial charge < -0.3 is 5.32 Å².